The van der Waals surface area contributed by atoms with Crippen LogP contribution in [0.15, 0.2) is 42.7 Å². The topological polar surface area (TPSA) is 78.0 Å². The summed E-state index contributed by atoms with van der Waals surface area (Å²) < 4.78 is 0. The van der Waals surface area contributed by atoms with Gasteiger partial charge in [0.25, 0.3) is 5.91 Å². The molecule has 3 N–H and O–H groups in total. The number of fused-ring (bicyclic) bond motifs is 2. The first-order chi connectivity index (χ1) is 10.2. The molecular weight excluding hydrogens is 266 g/mol. The Kier molecular flexibility index (Phi) is 2.35. The Bertz CT molecular complexity index is 909. The molecule has 0 fully saturated rings. The predicted octanol–water partition coefficient (Wildman–Crippen LogP) is 2.76. The molecule has 0 unspecified atom stereocenters. The number of pyridine rings is 1. The molecule has 1 amide bonds. The Labute approximate surface area is 120 Å². The standard InChI is InChI=1S/C16H11N3O2/c20-10-3-4-13-11(7-10)12(16(21)19-13)6-9-8-18-14-2-1-5-17-15(9)14/h1-8,18,20H,(H,19,21). The smallest absolute Gasteiger partial charge is 0.256 e. The zero-order valence-corrected chi connectivity index (χ0v) is 10.9. The minimum atomic E-state index is -0.180. The minimum Gasteiger partial charge on any atom is -0.508 e. The minimum absolute atomic E-state index is 0.133. The van der Waals surface area contributed by atoms with E-state index in [1.54, 1.807) is 30.5 Å². The number of phenols is 1. The van der Waals surface area contributed by atoms with E-state index in [0.717, 1.165) is 16.6 Å². The van der Waals surface area contributed by atoms with Gasteiger partial charge < -0.3 is 15.4 Å². The van der Waals surface area contributed by atoms with Crippen molar-refractivity contribution in [3.05, 3.63) is 53.9 Å². The van der Waals surface area contributed by atoms with Gasteiger partial charge in [-0.25, -0.2) is 0 Å². The lowest BCUT2D eigenvalue weighted by Gasteiger charge is -1.99. The average molecular weight is 277 g/mol. The van der Waals surface area contributed by atoms with E-state index in [9.17, 15) is 9.90 Å². The van der Waals surface area contributed by atoms with E-state index in [-0.39, 0.29) is 11.7 Å². The summed E-state index contributed by atoms with van der Waals surface area (Å²) in [5.41, 5.74) is 4.49. The monoisotopic (exact) mass is 277 g/mol. The highest BCUT2D eigenvalue weighted by Crippen LogP contribution is 2.35. The molecule has 0 saturated heterocycles. The number of nitrogens with zero attached hydrogens (tertiary/aromatic N) is 1. The van der Waals surface area contributed by atoms with Crippen molar-refractivity contribution in [3.63, 3.8) is 0 Å². The Morgan fingerprint density at radius 2 is 2.14 bits per heavy atom. The van der Waals surface area contributed by atoms with E-state index in [1.165, 1.54) is 0 Å². The number of aromatic amines is 1. The second kappa shape index (κ2) is 4.21. The van der Waals surface area contributed by atoms with E-state index >= 15 is 0 Å². The molecule has 0 aliphatic carbocycles. The first-order valence-corrected chi connectivity index (χ1v) is 6.51. The number of hydrogen-bond donors (Lipinski definition) is 3. The number of benzene rings is 1. The van der Waals surface area contributed by atoms with Crippen LogP contribution in [0.1, 0.15) is 11.1 Å². The molecular formula is C16H11N3O2. The van der Waals surface area contributed by atoms with Crippen molar-refractivity contribution in [2.24, 2.45) is 0 Å². The van der Waals surface area contributed by atoms with E-state index in [4.69, 9.17) is 0 Å². The third-order valence-corrected chi connectivity index (χ3v) is 3.55. The van der Waals surface area contributed by atoms with Crippen LogP contribution in [0.25, 0.3) is 22.7 Å². The highest BCUT2D eigenvalue weighted by Gasteiger charge is 2.24. The quantitative estimate of drug-likeness (QED) is 0.473. The summed E-state index contributed by atoms with van der Waals surface area (Å²) in [5.74, 6) is -0.0471. The van der Waals surface area contributed by atoms with Crippen molar-refractivity contribution in [3.8, 4) is 5.75 Å². The van der Waals surface area contributed by atoms with Crippen molar-refractivity contribution >= 4 is 34.3 Å². The zero-order chi connectivity index (χ0) is 14.4. The Morgan fingerprint density at radius 1 is 1.24 bits per heavy atom. The Morgan fingerprint density at radius 3 is 3.05 bits per heavy atom. The number of carbonyl (C=O) groups excluding carboxylic acids is 1. The molecule has 1 aliphatic rings. The zero-order valence-electron chi connectivity index (χ0n) is 10.9. The lowest BCUT2D eigenvalue weighted by molar-refractivity contribution is -0.110. The third kappa shape index (κ3) is 1.79. The number of aromatic hydroxyl groups is 1. The van der Waals surface area contributed by atoms with Gasteiger partial charge in [0.2, 0.25) is 0 Å². The molecule has 0 radical (unpaired) electrons. The lowest BCUT2D eigenvalue weighted by atomic mass is 10.0. The summed E-state index contributed by atoms with van der Waals surface area (Å²) in [7, 11) is 0. The van der Waals surface area contributed by atoms with E-state index in [1.807, 2.05) is 18.3 Å². The van der Waals surface area contributed by atoms with Gasteiger partial charge in [0, 0.05) is 34.8 Å². The highest BCUT2D eigenvalue weighted by atomic mass is 16.3. The highest BCUT2D eigenvalue weighted by molar-refractivity contribution is 6.35. The molecule has 2 aromatic heterocycles. The number of aromatic nitrogens is 2. The molecule has 21 heavy (non-hydrogen) atoms. The number of carbonyl (C=O) groups is 1. The van der Waals surface area contributed by atoms with E-state index in [2.05, 4.69) is 15.3 Å². The van der Waals surface area contributed by atoms with Gasteiger partial charge >= 0.3 is 0 Å². The fourth-order valence-electron chi connectivity index (χ4n) is 2.56. The largest absolute Gasteiger partial charge is 0.508 e. The summed E-state index contributed by atoms with van der Waals surface area (Å²) in [6, 6.07) is 8.61. The van der Waals surface area contributed by atoms with Gasteiger partial charge in [-0.2, -0.15) is 0 Å². The summed E-state index contributed by atoms with van der Waals surface area (Å²) in [4.78, 5) is 19.6. The molecule has 0 bridgehead atoms. The van der Waals surface area contributed by atoms with Crippen LogP contribution in [0.4, 0.5) is 5.69 Å². The number of hydrogen-bond acceptors (Lipinski definition) is 3. The number of amides is 1. The van der Waals surface area contributed by atoms with Crippen molar-refractivity contribution in [2.75, 3.05) is 5.32 Å². The van der Waals surface area contributed by atoms with E-state index in [0.29, 0.717) is 16.8 Å². The molecule has 1 aromatic carbocycles. The fraction of sp³-hybridized carbons (Fsp3) is 0. The summed E-state index contributed by atoms with van der Waals surface area (Å²) in [6.07, 6.45) is 5.32. The Hall–Kier alpha value is -3.08. The lowest BCUT2D eigenvalue weighted by Crippen LogP contribution is -2.03. The maximum atomic E-state index is 12.1. The van der Waals surface area contributed by atoms with Crippen LogP contribution in [-0.2, 0) is 4.79 Å². The second-order valence-corrected chi connectivity index (χ2v) is 4.89. The summed E-state index contributed by atoms with van der Waals surface area (Å²) in [6.45, 7) is 0. The molecule has 5 heteroatoms. The van der Waals surface area contributed by atoms with Gasteiger partial charge in [0.05, 0.1) is 11.0 Å². The van der Waals surface area contributed by atoms with Gasteiger partial charge in [0.15, 0.2) is 0 Å². The van der Waals surface area contributed by atoms with Crippen LogP contribution in [0.5, 0.6) is 5.75 Å². The Balaban J connectivity index is 1.90. The molecule has 102 valence electrons. The molecule has 0 atom stereocenters. The molecule has 0 spiro atoms. The number of nitrogens with one attached hydrogen (secondary N) is 2. The van der Waals surface area contributed by atoms with Crippen molar-refractivity contribution in [2.45, 2.75) is 0 Å². The third-order valence-electron chi connectivity index (χ3n) is 3.55. The number of rotatable bonds is 1. The average Bonchev–Trinajstić information content (AvgIpc) is 3.02. The number of H-pyrrole nitrogens is 1. The first kappa shape index (κ1) is 11.7. The van der Waals surface area contributed by atoms with Gasteiger partial charge in [-0.1, -0.05) is 0 Å². The van der Waals surface area contributed by atoms with Gasteiger partial charge in [-0.05, 0) is 36.4 Å². The van der Waals surface area contributed by atoms with Crippen molar-refractivity contribution in [1.82, 2.24) is 9.97 Å². The van der Waals surface area contributed by atoms with Crippen LogP contribution >= 0.6 is 0 Å². The normalized spacial score (nSPS) is 15.4. The fourth-order valence-corrected chi connectivity index (χ4v) is 2.56. The van der Waals surface area contributed by atoms with Crippen molar-refractivity contribution < 1.29 is 9.90 Å². The molecule has 3 heterocycles. The second-order valence-electron chi connectivity index (χ2n) is 4.89. The van der Waals surface area contributed by atoms with Crippen molar-refractivity contribution in [1.29, 1.82) is 0 Å². The molecule has 1 aliphatic heterocycles. The maximum Gasteiger partial charge on any atom is 0.256 e. The molecule has 4 rings (SSSR count). The SMILES string of the molecule is O=C1Nc2ccc(O)cc2C1=Cc1c[nH]c2cccnc12. The van der Waals surface area contributed by atoms with Crippen LogP contribution in [0.3, 0.4) is 0 Å². The van der Waals surface area contributed by atoms with Crippen LogP contribution < -0.4 is 5.32 Å². The number of anilines is 1. The molecule has 0 saturated carbocycles. The van der Waals surface area contributed by atoms with Gasteiger partial charge in [-0.15, -0.1) is 0 Å². The maximum absolute atomic E-state index is 12.1. The van der Waals surface area contributed by atoms with E-state index < -0.39 is 0 Å². The van der Waals surface area contributed by atoms with Gasteiger partial charge in [-0.3, -0.25) is 9.78 Å². The summed E-state index contributed by atoms with van der Waals surface area (Å²) in [5, 5.41) is 12.4. The summed E-state index contributed by atoms with van der Waals surface area (Å²) >= 11 is 0. The first-order valence-electron chi connectivity index (χ1n) is 6.51. The molecule has 3 aromatic rings. The van der Waals surface area contributed by atoms with Crippen LogP contribution in [0, 0.1) is 0 Å². The number of phenolic OH excluding ortho intramolecular Hbond substituents is 1. The predicted molar refractivity (Wildman–Crippen MR) is 80.7 cm³/mol. The van der Waals surface area contributed by atoms with Crippen LogP contribution in [0.2, 0.25) is 0 Å². The van der Waals surface area contributed by atoms with Crippen LogP contribution in [-0.4, -0.2) is 21.0 Å². The van der Waals surface area contributed by atoms with Gasteiger partial charge in [0.1, 0.15) is 5.75 Å². The molecule has 5 nitrogen and oxygen atoms in total.